The van der Waals surface area contributed by atoms with Gasteiger partial charge in [0.1, 0.15) is 5.65 Å². The molecular formula is C24H22ClF2N5. The number of benzene rings is 2. The van der Waals surface area contributed by atoms with Crippen molar-refractivity contribution >= 4 is 28.6 Å². The van der Waals surface area contributed by atoms with Crippen LogP contribution in [0.4, 0.5) is 14.7 Å². The van der Waals surface area contributed by atoms with Gasteiger partial charge in [0, 0.05) is 35.3 Å². The molecular weight excluding hydrogens is 432 g/mol. The van der Waals surface area contributed by atoms with Crippen LogP contribution in [0, 0.1) is 17.6 Å². The minimum atomic E-state index is -0.871. The number of hydrogen-bond acceptors (Lipinski definition) is 4. The van der Waals surface area contributed by atoms with Crippen LogP contribution in [-0.2, 0) is 13.1 Å². The monoisotopic (exact) mass is 453 g/mol. The highest BCUT2D eigenvalue weighted by atomic mass is 35.5. The lowest BCUT2D eigenvalue weighted by atomic mass is 10.1. The molecule has 1 aliphatic heterocycles. The van der Waals surface area contributed by atoms with Gasteiger partial charge in [0.25, 0.3) is 0 Å². The second-order valence-corrected chi connectivity index (χ2v) is 8.46. The van der Waals surface area contributed by atoms with E-state index in [1.54, 1.807) is 6.20 Å². The molecule has 0 aliphatic carbocycles. The molecule has 0 bridgehead atoms. The van der Waals surface area contributed by atoms with E-state index >= 15 is 0 Å². The van der Waals surface area contributed by atoms with Crippen LogP contribution in [0.3, 0.4) is 0 Å². The second-order valence-electron chi connectivity index (χ2n) is 8.05. The number of nitrogens with one attached hydrogen (secondary N) is 2. The molecule has 1 saturated heterocycles. The van der Waals surface area contributed by atoms with Crippen molar-refractivity contribution in [3.63, 3.8) is 0 Å². The molecule has 164 valence electrons. The summed E-state index contributed by atoms with van der Waals surface area (Å²) >= 11 is 6.52. The number of nitrogens with zero attached hydrogens (tertiary/aromatic N) is 3. The predicted octanol–water partition coefficient (Wildman–Crippen LogP) is 5.25. The fraction of sp³-hybridized carbons (Fsp3) is 0.250. The van der Waals surface area contributed by atoms with Gasteiger partial charge in [0.15, 0.2) is 11.6 Å². The van der Waals surface area contributed by atoms with Gasteiger partial charge in [-0.25, -0.2) is 13.8 Å². The van der Waals surface area contributed by atoms with Gasteiger partial charge < -0.3 is 15.2 Å². The predicted molar refractivity (Wildman–Crippen MR) is 123 cm³/mol. The van der Waals surface area contributed by atoms with Gasteiger partial charge in [0.05, 0.1) is 5.69 Å². The Kier molecular flexibility index (Phi) is 5.76. The number of hydrogen-bond donors (Lipinski definition) is 2. The molecule has 0 saturated carbocycles. The molecule has 0 amide bonds. The Morgan fingerprint density at radius 3 is 2.78 bits per heavy atom. The number of aromatic nitrogens is 3. The lowest BCUT2D eigenvalue weighted by Gasteiger charge is -2.15. The lowest BCUT2D eigenvalue weighted by molar-refractivity contribution is 0.492. The quantitative estimate of drug-likeness (QED) is 0.418. The summed E-state index contributed by atoms with van der Waals surface area (Å²) < 4.78 is 28.9. The van der Waals surface area contributed by atoms with Gasteiger partial charge in [-0.1, -0.05) is 35.9 Å². The largest absolute Gasteiger partial charge is 0.350 e. The Balaban J connectivity index is 1.50. The van der Waals surface area contributed by atoms with E-state index in [9.17, 15) is 8.78 Å². The van der Waals surface area contributed by atoms with Gasteiger partial charge in [-0.15, -0.1) is 0 Å². The van der Waals surface area contributed by atoms with E-state index < -0.39 is 11.6 Å². The van der Waals surface area contributed by atoms with Crippen LogP contribution in [0.25, 0.3) is 22.3 Å². The summed E-state index contributed by atoms with van der Waals surface area (Å²) in [7, 11) is 0. The molecule has 2 aromatic heterocycles. The van der Waals surface area contributed by atoms with Crippen LogP contribution >= 0.6 is 11.6 Å². The number of rotatable bonds is 6. The van der Waals surface area contributed by atoms with Crippen LogP contribution in [0.5, 0.6) is 0 Å². The van der Waals surface area contributed by atoms with Crippen molar-refractivity contribution in [2.75, 3.05) is 18.4 Å². The standard InChI is InChI=1S/C24H22ClF2N5/c25-19-4-2-1-3-18(19)22-10-17-13-30-24(29-12-15-5-6-20(26)21(27)9-15)31-23(17)32(22)14-16-7-8-28-11-16/h1-6,9-10,13,16,28H,7-8,11-12,14H2,(H,29,30,31)/t16-/m1/s1. The minimum Gasteiger partial charge on any atom is -0.350 e. The average Bonchev–Trinajstić information content (AvgIpc) is 3.43. The van der Waals surface area contributed by atoms with Crippen molar-refractivity contribution in [3.05, 3.63) is 76.9 Å². The first-order valence-corrected chi connectivity index (χ1v) is 11.0. The van der Waals surface area contributed by atoms with Gasteiger partial charge in [-0.2, -0.15) is 4.98 Å². The Morgan fingerprint density at radius 1 is 1.12 bits per heavy atom. The van der Waals surface area contributed by atoms with Crippen LogP contribution in [0.15, 0.2) is 54.7 Å². The second kappa shape index (κ2) is 8.84. The van der Waals surface area contributed by atoms with Crippen LogP contribution in [0.2, 0.25) is 5.02 Å². The Hall–Kier alpha value is -3.03. The summed E-state index contributed by atoms with van der Waals surface area (Å²) in [6.45, 7) is 3.08. The fourth-order valence-electron chi connectivity index (χ4n) is 4.16. The normalized spacial score (nSPS) is 16.0. The van der Waals surface area contributed by atoms with E-state index in [0.29, 0.717) is 22.5 Å². The first-order valence-electron chi connectivity index (χ1n) is 10.6. The van der Waals surface area contributed by atoms with Crippen LogP contribution in [0.1, 0.15) is 12.0 Å². The zero-order chi connectivity index (χ0) is 22.1. The number of anilines is 1. The van der Waals surface area contributed by atoms with Crippen molar-refractivity contribution in [2.24, 2.45) is 5.92 Å². The summed E-state index contributed by atoms with van der Waals surface area (Å²) in [5, 5.41) is 8.14. The van der Waals surface area contributed by atoms with Crippen molar-refractivity contribution in [3.8, 4) is 11.3 Å². The molecule has 0 spiro atoms. The Morgan fingerprint density at radius 2 is 2.00 bits per heavy atom. The van der Waals surface area contributed by atoms with E-state index in [4.69, 9.17) is 16.6 Å². The highest BCUT2D eigenvalue weighted by Gasteiger charge is 2.21. The summed E-state index contributed by atoms with van der Waals surface area (Å²) in [4.78, 5) is 9.17. The Bertz CT molecular complexity index is 1270. The summed E-state index contributed by atoms with van der Waals surface area (Å²) in [6, 6.07) is 13.7. The van der Waals surface area contributed by atoms with E-state index in [1.165, 1.54) is 12.1 Å². The first kappa shape index (κ1) is 20.8. The zero-order valence-electron chi connectivity index (χ0n) is 17.3. The minimum absolute atomic E-state index is 0.285. The maximum absolute atomic E-state index is 13.5. The molecule has 4 aromatic rings. The van der Waals surface area contributed by atoms with Crippen molar-refractivity contribution < 1.29 is 8.78 Å². The molecule has 2 aromatic carbocycles. The molecule has 1 atom stereocenters. The van der Waals surface area contributed by atoms with Crippen LogP contribution < -0.4 is 10.6 Å². The maximum atomic E-state index is 13.5. The third-order valence-electron chi connectivity index (χ3n) is 5.82. The maximum Gasteiger partial charge on any atom is 0.224 e. The molecule has 0 radical (unpaired) electrons. The van der Waals surface area contributed by atoms with Gasteiger partial charge >= 0.3 is 0 Å². The molecule has 1 aliphatic rings. The third kappa shape index (κ3) is 4.18. The van der Waals surface area contributed by atoms with E-state index in [0.717, 1.165) is 54.4 Å². The zero-order valence-corrected chi connectivity index (χ0v) is 18.0. The smallest absolute Gasteiger partial charge is 0.224 e. The molecule has 3 heterocycles. The van der Waals surface area contributed by atoms with E-state index in [1.807, 2.05) is 24.3 Å². The summed E-state index contributed by atoms with van der Waals surface area (Å²) in [5.74, 6) is -0.806. The summed E-state index contributed by atoms with van der Waals surface area (Å²) in [5.41, 5.74) is 3.38. The molecule has 8 heteroatoms. The van der Waals surface area contributed by atoms with Crippen LogP contribution in [-0.4, -0.2) is 27.6 Å². The topological polar surface area (TPSA) is 54.8 Å². The van der Waals surface area contributed by atoms with Crippen molar-refractivity contribution in [1.29, 1.82) is 0 Å². The highest BCUT2D eigenvalue weighted by Crippen LogP contribution is 2.33. The molecule has 5 rings (SSSR count). The van der Waals surface area contributed by atoms with Gasteiger partial charge in [-0.05, 0) is 55.3 Å². The molecule has 0 unspecified atom stereocenters. The highest BCUT2D eigenvalue weighted by molar-refractivity contribution is 6.33. The lowest BCUT2D eigenvalue weighted by Crippen LogP contribution is -2.15. The van der Waals surface area contributed by atoms with E-state index in [2.05, 4.69) is 26.3 Å². The SMILES string of the molecule is Fc1ccc(CNc2ncc3cc(-c4ccccc4Cl)n(C[C@@H]4CCNC4)c3n2)cc1F. The number of fused-ring (bicyclic) bond motifs is 1. The third-order valence-corrected chi connectivity index (χ3v) is 6.15. The van der Waals surface area contributed by atoms with E-state index in [-0.39, 0.29) is 6.54 Å². The molecule has 5 nitrogen and oxygen atoms in total. The Labute approximate surface area is 189 Å². The average molecular weight is 454 g/mol. The fourth-order valence-corrected chi connectivity index (χ4v) is 4.39. The van der Waals surface area contributed by atoms with Gasteiger partial charge in [-0.3, -0.25) is 0 Å². The molecule has 1 fully saturated rings. The first-order chi connectivity index (χ1) is 15.6. The molecule has 2 N–H and O–H groups in total. The number of halogens is 3. The van der Waals surface area contributed by atoms with Crippen molar-refractivity contribution in [2.45, 2.75) is 19.5 Å². The molecule has 32 heavy (non-hydrogen) atoms. The van der Waals surface area contributed by atoms with Crippen molar-refractivity contribution in [1.82, 2.24) is 19.9 Å². The van der Waals surface area contributed by atoms with Gasteiger partial charge in [0.2, 0.25) is 5.95 Å². The summed E-state index contributed by atoms with van der Waals surface area (Å²) in [6.07, 6.45) is 2.88.